The van der Waals surface area contributed by atoms with Crippen LogP contribution in [-0.4, -0.2) is 47.8 Å². The number of anilines is 1. The van der Waals surface area contributed by atoms with Gasteiger partial charge in [0.25, 0.3) is 5.91 Å². The first-order chi connectivity index (χ1) is 16.5. The minimum atomic E-state index is -0.840. The first kappa shape index (κ1) is 24.2. The van der Waals surface area contributed by atoms with Crippen LogP contribution in [0.3, 0.4) is 0 Å². The lowest BCUT2D eigenvalue weighted by Gasteiger charge is -2.25. The molecule has 1 amide bonds. The number of amides is 1. The van der Waals surface area contributed by atoms with Gasteiger partial charge in [0.1, 0.15) is 5.82 Å². The highest BCUT2D eigenvalue weighted by molar-refractivity contribution is 5.95. The van der Waals surface area contributed by atoms with Crippen LogP contribution in [0.5, 0.6) is 0 Å². The molecule has 0 aliphatic heterocycles. The molecule has 4 unspecified atom stereocenters. The summed E-state index contributed by atoms with van der Waals surface area (Å²) in [6, 6.07) is 11.8. The first-order valence-electron chi connectivity index (χ1n) is 12.1. The lowest BCUT2D eigenvalue weighted by molar-refractivity contribution is 0.0832. The number of aliphatic hydroxyl groups is 1. The maximum atomic E-state index is 14.1. The maximum Gasteiger partial charge on any atom is 0.251 e. The van der Waals surface area contributed by atoms with Gasteiger partial charge in [-0.3, -0.25) is 4.79 Å². The van der Waals surface area contributed by atoms with E-state index in [4.69, 9.17) is 0 Å². The van der Waals surface area contributed by atoms with Crippen LogP contribution in [0.2, 0.25) is 0 Å². The number of aromatic nitrogens is 1. The van der Waals surface area contributed by atoms with Gasteiger partial charge in [-0.2, -0.15) is 4.39 Å². The summed E-state index contributed by atoms with van der Waals surface area (Å²) in [4.78, 5) is 16.9. The summed E-state index contributed by atoms with van der Waals surface area (Å²) in [5.74, 6) is 7.21. The van der Waals surface area contributed by atoms with E-state index in [2.05, 4.69) is 39.7 Å². The van der Waals surface area contributed by atoms with Gasteiger partial charge < -0.3 is 21.1 Å². The topological polar surface area (TPSA) is 86.3 Å². The monoisotopic (exact) mass is 464 g/mol. The third-order valence-corrected chi connectivity index (χ3v) is 6.41. The molecule has 1 aromatic carbocycles. The third kappa shape index (κ3) is 7.54. The van der Waals surface area contributed by atoms with Crippen molar-refractivity contribution in [3.05, 3.63) is 59.5 Å². The van der Waals surface area contributed by atoms with Crippen LogP contribution in [0.25, 0.3) is 0 Å². The summed E-state index contributed by atoms with van der Waals surface area (Å²) >= 11 is 0. The van der Waals surface area contributed by atoms with Crippen LogP contribution in [0.4, 0.5) is 10.2 Å². The Hall–Kier alpha value is -2.95. The molecule has 1 heterocycles. The zero-order chi connectivity index (χ0) is 23.9. The van der Waals surface area contributed by atoms with E-state index in [0.717, 1.165) is 18.1 Å². The molecule has 34 heavy (non-hydrogen) atoms. The van der Waals surface area contributed by atoms with Gasteiger partial charge in [0.15, 0.2) is 0 Å². The fourth-order valence-electron chi connectivity index (χ4n) is 3.89. The Kier molecular flexibility index (Phi) is 8.15. The highest BCUT2D eigenvalue weighted by Crippen LogP contribution is 2.37. The molecule has 4 atom stereocenters. The largest absolute Gasteiger partial charge is 0.390 e. The van der Waals surface area contributed by atoms with E-state index in [-0.39, 0.29) is 12.1 Å². The third-order valence-electron chi connectivity index (χ3n) is 6.41. The summed E-state index contributed by atoms with van der Waals surface area (Å²) in [7, 11) is 0. The van der Waals surface area contributed by atoms with Crippen molar-refractivity contribution in [1.29, 1.82) is 0 Å². The van der Waals surface area contributed by atoms with Gasteiger partial charge in [0.05, 0.1) is 18.7 Å². The van der Waals surface area contributed by atoms with Gasteiger partial charge in [0, 0.05) is 30.6 Å². The average Bonchev–Trinajstić information content (AvgIpc) is 3.75. The first-order valence-corrected chi connectivity index (χ1v) is 12.1. The molecule has 0 spiro atoms. The van der Waals surface area contributed by atoms with Gasteiger partial charge in [0.2, 0.25) is 5.95 Å². The molecule has 4 rings (SSSR count). The zero-order valence-corrected chi connectivity index (χ0v) is 19.6. The summed E-state index contributed by atoms with van der Waals surface area (Å²) in [5.41, 5.74) is 1.16. The van der Waals surface area contributed by atoms with Crippen molar-refractivity contribution in [3.63, 3.8) is 0 Å². The zero-order valence-electron chi connectivity index (χ0n) is 19.6. The number of carbonyl (C=O) groups excluding carboxylic acids is 1. The van der Waals surface area contributed by atoms with Gasteiger partial charge in [-0.1, -0.05) is 49.1 Å². The van der Waals surface area contributed by atoms with Crippen LogP contribution in [0.1, 0.15) is 42.1 Å². The van der Waals surface area contributed by atoms with E-state index in [9.17, 15) is 14.3 Å². The van der Waals surface area contributed by atoms with Crippen LogP contribution in [0.15, 0.2) is 42.5 Å². The van der Waals surface area contributed by atoms with Gasteiger partial charge in [-0.25, -0.2) is 4.98 Å². The summed E-state index contributed by atoms with van der Waals surface area (Å²) in [6.07, 6.45) is 3.10. The van der Waals surface area contributed by atoms with E-state index in [1.807, 2.05) is 30.3 Å². The number of benzene rings is 1. The highest BCUT2D eigenvalue weighted by atomic mass is 19.1. The van der Waals surface area contributed by atoms with E-state index < -0.39 is 24.0 Å². The Labute approximate surface area is 200 Å². The molecule has 7 heteroatoms. The second kappa shape index (κ2) is 11.5. The number of nitrogens with zero attached hydrogens (tertiary/aromatic N) is 1. The molecule has 2 fully saturated rings. The van der Waals surface area contributed by atoms with E-state index in [1.165, 1.54) is 12.8 Å². The Balaban J connectivity index is 1.39. The maximum absolute atomic E-state index is 14.1. The summed E-state index contributed by atoms with van der Waals surface area (Å²) in [6.45, 7) is 3.66. The van der Waals surface area contributed by atoms with Crippen molar-refractivity contribution in [1.82, 2.24) is 15.6 Å². The van der Waals surface area contributed by atoms with E-state index in [1.54, 1.807) is 6.07 Å². The molecule has 2 aliphatic rings. The second-order valence-corrected chi connectivity index (χ2v) is 9.48. The van der Waals surface area contributed by atoms with Crippen molar-refractivity contribution in [3.8, 4) is 11.8 Å². The number of hydrogen-bond donors (Lipinski definition) is 4. The Morgan fingerprint density at radius 1 is 1.26 bits per heavy atom. The molecule has 0 radical (unpaired) electrons. The number of aliphatic hydroxyl groups excluding tert-OH is 1. The number of rotatable bonds is 11. The lowest BCUT2D eigenvalue weighted by atomic mass is 10.0. The molecule has 180 valence electrons. The Morgan fingerprint density at radius 3 is 2.74 bits per heavy atom. The van der Waals surface area contributed by atoms with Crippen molar-refractivity contribution in [2.24, 2.45) is 17.8 Å². The van der Waals surface area contributed by atoms with Crippen molar-refractivity contribution >= 4 is 11.7 Å². The van der Waals surface area contributed by atoms with E-state index >= 15 is 0 Å². The quantitative estimate of drug-likeness (QED) is 0.233. The van der Waals surface area contributed by atoms with Gasteiger partial charge in [-0.05, 0) is 49.1 Å². The van der Waals surface area contributed by atoms with Crippen LogP contribution in [0, 0.1) is 35.5 Å². The second-order valence-electron chi connectivity index (χ2n) is 9.48. The average molecular weight is 465 g/mol. The molecular weight excluding hydrogens is 431 g/mol. The molecule has 1 aromatic heterocycles. The molecule has 2 saturated carbocycles. The normalized spacial score (nSPS) is 20.6. The van der Waals surface area contributed by atoms with Crippen molar-refractivity contribution in [2.45, 2.75) is 44.8 Å². The predicted molar refractivity (Wildman–Crippen MR) is 131 cm³/mol. The molecule has 0 saturated heterocycles. The minimum absolute atomic E-state index is 0.173. The number of halogens is 1. The molecule has 2 aromatic rings. The molecule has 0 bridgehead atoms. The molecule has 6 nitrogen and oxygen atoms in total. The number of carbonyl (C=O) groups is 1. The predicted octanol–water partition coefficient (Wildman–Crippen LogP) is 2.99. The fourth-order valence-corrected chi connectivity index (χ4v) is 3.89. The van der Waals surface area contributed by atoms with Gasteiger partial charge >= 0.3 is 0 Å². The van der Waals surface area contributed by atoms with E-state index in [0.29, 0.717) is 43.1 Å². The van der Waals surface area contributed by atoms with Gasteiger partial charge in [-0.15, -0.1) is 0 Å². The van der Waals surface area contributed by atoms with Crippen molar-refractivity contribution < 1.29 is 14.3 Å². The molecular formula is C27H33FN4O2. The minimum Gasteiger partial charge on any atom is -0.390 e. The number of nitrogens with one attached hydrogen (secondary N) is 3. The Morgan fingerprint density at radius 2 is 2.03 bits per heavy atom. The summed E-state index contributed by atoms with van der Waals surface area (Å²) < 4.78 is 14.1. The molecule has 2 aliphatic carbocycles. The number of pyridine rings is 1. The van der Waals surface area contributed by atoms with Crippen molar-refractivity contribution in [2.75, 3.05) is 25.0 Å². The van der Waals surface area contributed by atoms with Crippen LogP contribution < -0.4 is 16.0 Å². The number of hydrogen-bond acceptors (Lipinski definition) is 5. The Bertz CT molecular complexity index is 1030. The SMILES string of the molecule is CC1CC1CNc1cc(C(=O)NC(Cc2ccccc2)C(O)CNCC#CC2CC2)cc(F)n1. The summed E-state index contributed by atoms with van der Waals surface area (Å²) in [5, 5.41) is 20.0. The fraction of sp³-hybridized carbons (Fsp3) is 0.481. The highest BCUT2D eigenvalue weighted by Gasteiger charge is 2.32. The van der Waals surface area contributed by atoms with Crippen LogP contribution in [-0.2, 0) is 6.42 Å². The molecule has 4 N–H and O–H groups in total. The van der Waals surface area contributed by atoms with Crippen LogP contribution >= 0.6 is 0 Å². The standard InChI is InChI=1S/C27H33FN4O2/c1-18-12-22(18)16-30-26-15-21(14-25(28)32-26)27(34)31-23(13-20-6-3-2-4-7-20)24(33)17-29-11-5-8-19-9-10-19/h2-4,6-7,14-15,18-19,22-24,29,33H,9-13,16-17H2,1H3,(H,30,32)(H,31,34). The smallest absolute Gasteiger partial charge is 0.251 e. The lowest BCUT2D eigenvalue weighted by Crippen LogP contribution is -2.48.